The van der Waals surface area contributed by atoms with Crippen molar-refractivity contribution in [3.63, 3.8) is 0 Å². The summed E-state index contributed by atoms with van der Waals surface area (Å²) in [5.74, 6) is 1.62. The first-order chi connectivity index (χ1) is 22.1. The number of ether oxygens (including phenoxy) is 3. The number of fused-ring (bicyclic) bond motifs is 6. The van der Waals surface area contributed by atoms with Gasteiger partial charge in [-0.05, 0) is 47.5 Å². The number of rotatable bonds is 6. The molecule has 0 bridgehead atoms. The van der Waals surface area contributed by atoms with Crippen LogP contribution in [-0.2, 0) is 6.61 Å². The first kappa shape index (κ1) is 27.1. The first-order valence-corrected chi connectivity index (χ1v) is 15.0. The van der Waals surface area contributed by atoms with Crippen molar-refractivity contribution < 1.29 is 18.6 Å². The van der Waals surface area contributed by atoms with E-state index in [4.69, 9.17) is 28.7 Å². The highest BCUT2D eigenvalue weighted by Crippen LogP contribution is 2.50. The van der Waals surface area contributed by atoms with E-state index < -0.39 is 11.5 Å². The number of hydrogen-bond donors (Lipinski definition) is 0. The quantitative estimate of drug-likeness (QED) is 0.169. The van der Waals surface area contributed by atoms with Crippen LogP contribution < -0.4 is 19.8 Å². The Balaban J connectivity index is 1.33. The molecular formula is C35H23BrN4O5. The molecule has 9 nitrogen and oxygen atoms in total. The SMILES string of the molecule is COc1cc(C2c3c(c4ccccc4oc3=O)Oc3ncn4nc(-c5ccccc5Br)nc4c32)ccc1OCc1ccccc1. The summed E-state index contributed by atoms with van der Waals surface area (Å²) in [6.07, 6.45) is 1.57. The van der Waals surface area contributed by atoms with Gasteiger partial charge in [0.05, 0.1) is 29.5 Å². The van der Waals surface area contributed by atoms with Crippen LogP contribution >= 0.6 is 15.9 Å². The molecule has 7 aromatic rings. The smallest absolute Gasteiger partial charge is 0.344 e. The predicted molar refractivity (Wildman–Crippen MR) is 171 cm³/mol. The number of hydrogen-bond acceptors (Lipinski definition) is 8. The molecule has 1 aliphatic rings. The summed E-state index contributed by atoms with van der Waals surface area (Å²) in [6, 6.07) is 30.5. The van der Waals surface area contributed by atoms with E-state index in [1.54, 1.807) is 24.0 Å². The van der Waals surface area contributed by atoms with Gasteiger partial charge in [-0.3, -0.25) is 0 Å². The number of benzene rings is 4. The van der Waals surface area contributed by atoms with Crippen molar-refractivity contribution in [3.8, 4) is 34.5 Å². The summed E-state index contributed by atoms with van der Waals surface area (Å²) in [5.41, 5.74) is 3.91. The maximum absolute atomic E-state index is 13.8. The minimum atomic E-state index is -0.672. The van der Waals surface area contributed by atoms with Crippen molar-refractivity contribution in [2.24, 2.45) is 0 Å². The van der Waals surface area contributed by atoms with Crippen LogP contribution in [0.4, 0.5) is 0 Å². The van der Waals surface area contributed by atoms with Crippen molar-refractivity contribution in [1.82, 2.24) is 19.6 Å². The van der Waals surface area contributed by atoms with E-state index in [1.165, 1.54) is 0 Å². The minimum Gasteiger partial charge on any atom is -0.493 e. The number of aromatic nitrogens is 4. The highest BCUT2D eigenvalue weighted by Gasteiger charge is 2.38. The molecule has 3 aromatic heterocycles. The fourth-order valence-corrected chi connectivity index (χ4v) is 6.20. The van der Waals surface area contributed by atoms with Gasteiger partial charge in [0, 0.05) is 10.0 Å². The minimum absolute atomic E-state index is 0.324. The van der Waals surface area contributed by atoms with Gasteiger partial charge in [0.25, 0.3) is 0 Å². The summed E-state index contributed by atoms with van der Waals surface area (Å²) < 4.78 is 26.6. The first-order valence-electron chi connectivity index (χ1n) is 14.2. The number of para-hydroxylation sites is 1. The zero-order valence-corrected chi connectivity index (χ0v) is 25.4. The van der Waals surface area contributed by atoms with Crippen LogP contribution in [0.1, 0.15) is 28.2 Å². The van der Waals surface area contributed by atoms with Crippen LogP contribution in [-0.4, -0.2) is 26.7 Å². The molecular weight excluding hydrogens is 636 g/mol. The highest BCUT2D eigenvalue weighted by atomic mass is 79.9. The van der Waals surface area contributed by atoms with Gasteiger partial charge in [-0.2, -0.15) is 0 Å². The fraction of sp³-hybridized carbons (Fsp3) is 0.0857. The molecule has 0 aliphatic carbocycles. The summed E-state index contributed by atoms with van der Waals surface area (Å²) in [7, 11) is 1.59. The molecule has 0 fully saturated rings. The van der Waals surface area contributed by atoms with Crippen LogP contribution in [0, 0.1) is 0 Å². The molecule has 220 valence electrons. The zero-order chi connectivity index (χ0) is 30.5. The topological polar surface area (TPSA) is 101 Å². The average molecular weight is 659 g/mol. The summed E-state index contributed by atoms with van der Waals surface area (Å²) in [4.78, 5) is 23.4. The van der Waals surface area contributed by atoms with E-state index in [0.717, 1.165) is 21.2 Å². The van der Waals surface area contributed by atoms with Crippen LogP contribution in [0.2, 0.25) is 0 Å². The molecule has 8 rings (SSSR count). The third-order valence-corrected chi connectivity index (χ3v) is 8.53. The molecule has 1 unspecified atom stereocenters. The van der Waals surface area contributed by atoms with Crippen molar-refractivity contribution in [2.75, 3.05) is 7.11 Å². The third-order valence-electron chi connectivity index (χ3n) is 7.83. The predicted octanol–water partition coefficient (Wildman–Crippen LogP) is 7.53. The number of methoxy groups -OCH3 is 1. The molecule has 0 spiro atoms. The second kappa shape index (κ2) is 10.9. The van der Waals surface area contributed by atoms with E-state index in [9.17, 15) is 4.79 Å². The van der Waals surface area contributed by atoms with E-state index in [-0.39, 0.29) is 0 Å². The van der Waals surface area contributed by atoms with Crippen molar-refractivity contribution in [3.05, 3.63) is 141 Å². The van der Waals surface area contributed by atoms with Gasteiger partial charge in [-0.25, -0.2) is 19.3 Å². The highest BCUT2D eigenvalue weighted by molar-refractivity contribution is 9.10. The van der Waals surface area contributed by atoms with Crippen LogP contribution in [0.3, 0.4) is 0 Å². The Labute approximate surface area is 264 Å². The van der Waals surface area contributed by atoms with Gasteiger partial charge in [0.1, 0.15) is 18.5 Å². The maximum Gasteiger partial charge on any atom is 0.344 e. The lowest BCUT2D eigenvalue weighted by Crippen LogP contribution is -2.22. The molecule has 0 saturated carbocycles. The van der Waals surface area contributed by atoms with Crippen LogP contribution in [0.5, 0.6) is 23.1 Å². The molecule has 4 aromatic carbocycles. The monoisotopic (exact) mass is 658 g/mol. The lowest BCUT2D eigenvalue weighted by molar-refractivity contribution is 0.284. The van der Waals surface area contributed by atoms with Crippen molar-refractivity contribution in [1.29, 1.82) is 0 Å². The number of halogens is 1. The van der Waals surface area contributed by atoms with E-state index in [1.807, 2.05) is 91.0 Å². The average Bonchev–Trinajstić information content (AvgIpc) is 3.51. The van der Waals surface area contributed by atoms with Gasteiger partial charge in [0.2, 0.25) is 5.88 Å². The summed E-state index contributed by atoms with van der Waals surface area (Å²) in [6.45, 7) is 0.372. The molecule has 4 heterocycles. The maximum atomic E-state index is 13.8. The lowest BCUT2D eigenvalue weighted by Gasteiger charge is -2.27. The standard InChI is InChI=1S/C35H23BrN4O5/c1-42-27-17-21(15-16-26(27)43-18-20-9-3-2-4-10-20)28-29-31(23-12-6-8-14-25(23)44-35(29)41)45-34-30(28)33-38-32(39-40(33)19-37-34)22-11-5-7-13-24(22)36/h2-17,19,28H,18H2,1H3. The van der Waals surface area contributed by atoms with Gasteiger partial charge in [0.15, 0.2) is 28.7 Å². The van der Waals surface area contributed by atoms with E-state index in [0.29, 0.717) is 63.3 Å². The second-order valence-corrected chi connectivity index (χ2v) is 11.3. The summed E-state index contributed by atoms with van der Waals surface area (Å²) in [5, 5.41) is 5.38. The molecule has 10 heteroatoms. The van der Waals surface area contributed by atoms with E-state index in [2.05, 4.69) is 20.9 Å². The summed E-state index contributed by atoms with van der Waals surface area (Å²) >= 11 is 3.61. The Morgan fingerprint density at radius 2 is 1.71 bits per heavy atom. The van der Waals surface area contributed by atoms with Gasteiger partial charge >= 0.3 is 5.63 Å². The van der Waals surface area contributed by atoms with Gasteiger partial charge < -0.3 is 18.6 Å². The molecule has 0 saturated heterocycles. The molecule has 45 heavy (non-hydrogen) atoms. The normalized spacial score (nSPS) is 13.7. The third kappa shape index (κ3) is 4.61. The fourth-order valence-electron chi connectivity index (χ4n) is 5.74. The Morgan fingerprint density at radius 1 is 0.911 bits per heavy atom. The Bertz CT molecular complexity index is 2300. The second-order valence-electron chi connectivity index (χ2n) is 10.5. The van der Waals surface area contributed by atoms with Crippen molar-refractivity contribution >= 4 is 32.5 Å². The molecule has 1 aliphatic heterocycles. The molecule has 0 N–H and O–H groups in total. The Kier molecular flexibility index (Phi) is 6.57. The largest absolute Gasteiger partial charge is 0.493 e. The van der Waals surface area contributed by atoms with Crippen molar-refractivity contribution in [2.45, 2.75) is 12.5 Å². The Hall–Kier alpha value is -5.48. The lowest BCUT2D eigenvalue weighted by atomic mass is 9.84. The van der Waals surface area contributed by atoms with Crippen LogP contribution in [0.15, 0.2) is 117 Å². The Morgan fingerprint density at radius 3 is 2.56 bits per heavy atom. The van der Waals surface area contributed by atoms with Gasteiger partial charge in [-0.1, -0.05) is 76.6 Å². The van der Waals surface area contributed by atoms with E-state index >= 15 is 0 Å². The van der Waals surface area contributed by atoms with Gasteiger partial charge in [-0.15, -0.1) is 5.10 Å². The van der Waals surface area contributed by atoms with Crippen LogP contribution in [0.25, 0.3) is 28.0 Å². The zero-order valence-electron chi connectivity index (χ0n) is 23.8. The molecule has 0 radical (unpaired) electrons. The molecule has 0 amide bonds. The molecule has 1 atom stereocenters. The number of nitrogens with zero attached hydrogens (tertiary/aromatic N) is 4.